The van der Waals surface area contributed by atoms with Crippen molar-refractivity contribution in [1.29, 1.82) is 0 Å². The zero-order valence-electron chi connectivity index (χ0n) is 15.7. The van der Waals surface area contributed by atoms with Gasteiger partial charge in [0.2, 0.25) is 0 Å². The van der Waals surface area contributed by atoms with Gasteiger partial charge in [-0.3, -0.25) is 9.59 Å². The normalized spacial score (nSPS) is 33.8. The van der Waals surface area contributed by atoms with Gasteiger partial charge in [-0.15, -0.1) is 0 Å². The predicted octanol–water partition coefficient (Wildman–Crippen LogP) is 4.72. The van der Waals surface area contributed by atoms with Crippen LogP contribution in [0.15, 0.2) is 24.3 Å². The molecule has 6 unspecified atom stereocenters. The van der Waals surface area contributed by atoms with Crippen LogP contribution in [-0.2, 0) is 14.3 Å². The molecule has 3 aliphatic carbocycles. The molecule has 0 amide bonds. The minimum Gasteiger partial charge on any atom is -0.465 e. The minimum absolute atomic E-state index is 0.0290. The molecule has 0 spiro atoms. The first-order valence-corrected chi connectivity index (χ1v) is 10.1. The smallest absolute Gasteiger partial charge is 0.309 e. The summed E-state index contributed by atoms with van der Waals surface area (Å²) >= 11 is 0. The van der Waals surface area contributed by atoms with Crippen LogP contribution >= 0.6 is 0 Å². The predicted molar refractivity (Wildman–Crippen MR) is 98.9 cm³/mol. The second kappa shape index (κ2) is 8.33. The number of carbonyl (C=O) groups excluding carboxylic acids is 2. The van der Waals surface area contributed by atoms with Crippen LogP contribution in [0.2, 0.25) is 0 Å². The Morgan fingerprint density at radius 1 is 1.08 bits per heavy atom. The molecule has 1 fully saturated rings. The SMILES string of the molecule is CC1C=CC(CC(C)C(=O)CCCCOC(=O)C2CC3C=CC2C3)C1. The highest BCUT2D eigenvalue weighted by molar-refractivity contribution is 5.80. The zero-order chi connectivity index (χ0) is 17.8. The molecule has 0 heterocycles. The maximum absolute atomic E-state index is 12.3. The zero-order valence-corrected chi connectivity index (χ0v) is 15.7. The molecule has 0 saturated heterocycles. The van der Waals surface area contributed by atoms with Crippen LogP contribution in [0.3, 0.4) is 0 Å². The molecule has 3 rings (SSSR count). The number of hydrogen-bond acceptors (Lipinski definition) is 3. The molecule has 6 atom stereocenters. The van der Waals surface area contributed by atoms with E-state index in [2.05, 4.69) is 38.2 Å². The average Bonchev–Trinajstić information content (AvgIpc) is 3.31. The first-order valence-electron chi connectivity index (χ1n) is 10.1. The summed E-state index contributed by atoms with van der Waals surface area (Å²) in [6, 6.07) is 0. The van der Waals surface area contributed by atoms with E-state index in [0.717, 1.165) is 32.1 Å². The van der Waals surface area contributed by atoms with Gasteiger partial charge in [0.15, 0.2) is 0 Å². The summed E-state index contributed by atoms with van der Waals surface area (Å²) in [4.78, 5) is 24.4. The van der Waals surface area contributed by atoms with E-state index in [1.54, 1.807) is 0 Å². The van der Waals surface area contributed by atoms with Crippen molar-refractivity contribution in [1.82, 2.24) is 0 Å². The molecule has 138 valence electrons. The number of ether oxygens (including phenoxy) is 1. The highest BCUT2D eigenvalue weighted by Crippen LogP contribution is 2.43. The maximum atomic E-state index is 12.3. The summed E-state index contributed by atoms with van der Waals surface area (Å²) in [5.41, 5.74) is 0. The van der Waals surface area contributed by atoms with E-state index in [9.17, 15) is 9.59 Å². The Morgan fingerprint density at radius 2 is 1.92 bits per heavy atom. The van der Waals surface area contributed by atoms with Gasteiger partial charge < -0.3 is 4.74 Å². The van der Waals surface area contributed by atoms with E-state index in [-0.39, 0.29) is 17.8 Å². The Hall–Kier alpha value is -1.38. The molecule has 0 N–H and O–H groups in total. The Labute approximate surface area is 151 Å². The van der Waals surface area contributed by atoms with Crippen LogP contribution in [-0.4, -0.2) is 18.4 Å². The first-order chi connectivity index (χ1) is 12.0. The summed E-state index contributed by atoms with van der Waals surface area (Å²) in [7, 11) is 0. The molecule has 3 aliphatic rings. The van der Waals surface area contributed by atoms with E-state index in [4.69, 9.17) is 4.74 Å². The van der Waals surface area contributed by atoms with Crippen LogP contribution in [0, 0.1) is 35.5 Å². The van der Waals surface area contributed by atoms with Gasteiger partial charge in [0.1, 0.15) is 5.78 Å². The summed E-state index contributed by atoms with van der Waals surface area (Å²) < 4.78 is 5.45. The van der Waals surface area contributed by atoms with Crippen molar-refractivity contribution in [3.8, 4) is 0 Å². The summed E-state index contributed by atoms with van der Waals surface area (Å²) in [5, 5.41) is 0. The van der Waals surface area contributed by atoms with Crippen LogP contribution in [0.25, 0.3) is 0 Å². The lowest BCUT2D eigenvalue weighted by Crippen LogP contribution is -2.22. The standard InChI is InChI=1S/C22H32O3/c1-15-6-7-17(11-15)12-16(2)21(23)5-3-4-10-25-22(24)20-14-18-8-9-19(20)13-18/h6-9,15-20H,3-5,10-14H2,1-2H3. The molecule has 1 saturated carbocycles. The summed E-state index contributed by atoms with van der Waals surface area (Å²) in [5.74, 6) is 2.79. The number of Topliss-reactive ketones (excluding diaryl/α,β-unsaturated/α-hetero) is 1. The summed E-state index contributed by atoms with van der Waals surface area (Å²) in [6.07, 6.45) is 15.4. The van der Waals surface area contributed by atoms with Crippen LogP contribution in [0.5, 0.6) is 0 Å². The number of carbonyl (C=O) groups is 2. The maximum Gasteiger partial charge on any atom is 0.309 e. The Morgan fingerprint density at radius 3 is 2.56 bits per heavy atom. The van der Waals surface area contributed by atoms with Crippen LogP contribution in [0.1, 0.15) is 58.8 Å². The fourth-order valence-corrected chi connectivity index (χ4v) is 4.72. The second-order valence-corrected chi connectivity index (χ2v) is 8.47. The van der Waals surface area contributed by atoms with Gasteiger partial charge in [0.25, 0.3) is 0 Å². The van der Waals surface area contributed by atoms with Crippen molar-refractivity contribution in [3.05, 3.63) is 24.3 Å². The number of fused-ring (bicyclic) bond motifs is 2. The molecule has 3 heteroatoms. The van der Waals surface area contributed by atoms with Crippen molar-refractivity contribution in [2.24, 2.45) is 35.5 Å². The summed E-state index contributed by atoms with van der Waals surface area (Å²) in [6.45, 7) is 4.75. The van der Waals surface area contributed by atoms with Crippen molar-refractivity contribution in [2.75, 3.05) is 6.61 Å². The number of rotatable bonds is 9. The molecule has 0 aromatic heterocycles. The van der Waals surface area contributed by atoms with Gasteiger partial charge >= 0.3 is 5.97 Å². The van der Waals surface area contributed by atoms with Crippen molar-refractivity contribution >= 4 is 11.8 Å². The average molecular weight is 344 g/mol. The van der Waals surface area contributed by atoms with Crippen LogP contribution in [0.4, 0.5) is 0 Å². The molecule has 0 radical (unpaired) electrons. The lowest BCUT2D eigenvalue weighted by Gasteiger charge is -2.17. The fraction of sp³-hybridized carbons (Fsp3) is 0.727. The van der Waals surface area contributed by atoms with E-state index in [1.807, 2.05) is 0 Å². The van der Waals surface area contributed by atoms with Crippen LogP contribution < -0.4 is 0 Å². The van der Waals surface area contributed by atoms with Crippen molar-refractivity contribution in [3.63, 3.8) is 0 Å². The van der Waals surface area contributed by atoms with Crippen molar-refractivity contribution in [2.45, 2.75) is 58.8 Å². The Balaban J connectivity index is 1.25. The van der Waals surface area contributed by atoms with Crippen molar-refractivity contribution < 1.29 is 14.3 Å². The van der Waals surface area contributed by atoms with Gasteiger partial charge in [-0.25, -0.2) is 0 Å². The van der Waals surface area contributed by atoms with E-state index >= 15 is 0 Å². The highest BCUT2D eigenvalue weighted by atomic mass is 16.5. The molecule has 0 aliphatic heterocycles. The first kappa shape index (κ1) is 18.4. The molecule has 25 heavy (non-hydrogen) atoms. The number of esters is 1. The van der Waals surface area contributed by atoms with E-state index in [0.29, 0.717) is 42.5 Å². The minimum atomic E-state index is -0.0290. The van der Waals surface area contributed by atoms with Gasteiger partial charge in [0.05, 0.1) is 12.5 Å². The molecule has 0 aromatic rings. The molecular weight excluding hydrogens is 312 g/mol. The van der Waals surface area contributed by atoms with Gasteiger partial charge in [-0.05, 0) is 62.2 Å². The Bertz CT molecular complexity index is 547. The number of unbranched alkanes of at least 4 members (excludes halogenated alkanes) is 1. The molecule has 3 nitrogen and oxygen atoms in total. The number of allylic oxidation sites excluding steroid dienone is 4. The fourth-order valence-electron chi connectivity index (χ4n) is 4.72. The van der Waals surface area contributed by atoms with Gasteiger partial charge in [-0.2, -0.15) is 0 Å². The van der Waals surface area contributed by atoms with Gasteiger partial charge in [0, 0.05) is 12.3 Å². The Kier molecular flexibility index (Phi) is 6.14. The molecular formula is C22H32O3. The third kappa shape index (κ3) is 4.83. The third-order valence-electron chi connectivity index (χ3n) is 6.24. The number of hydrogen-bond donors (Lipinski definition) is 0. The van der Waals surface area contributed by atoms with E-state index in [1.165, 1.54) is 6.42 Å². The van der Waals surface area contributed by atoms with Gasteiger partial charge in [-0.1, -0.05) is 38.2 Å². The lowest BCUT2D eigenvalue weighted by atomic mass is 9.89. The largest absolute Gasteiger partial charge is 0.465 e. The monoisotopic (exact) mass is 344 g/mol. The topological polar surface area (TPSA) is 43.4 Å². The highest BCUT2D eigenvalue weighted by Gasteiger charge is 2.40. The quantitative estimate of drug-likeness (QED) is 0.345. The second-order valence-electron chi connectivity index (χ2n) is 8.47. The van der Waals surface area contributed by atoms with E-state index < -0.39 is 0 Å². The number of ketones is 1. The molecule has 2 bridgehead atoms. The molecule has 0 aromatic carbocycles. The third-order valence-corrected chi connectivity index (χ3v) is 6.24. The lowest BCUT2D eigenvalue weighted by molar-refractivity contribution is -0.149.